The standard InChI is InChI=1S/C25H26N2O2/c1-28-24-11-6-18(17-25(24)29-22-4-2-3-5-22)16-23(20-12-14-27-15-13-20)19-7-9-21(26)10-8-19/h6-17,22H,2-5,26H2,1H3. The molecule has 1 heterocycles. The van der Waals surface area contributed by atoms with Gasteiger partial charge in [-0.25, -0.2) is 0 Å². The summed E-state index contributed by atoms with van der Waals surface area (Å²) in [6.07, 6.45) is 10.7. The zero-order valence-electron chi connectivity index (χ0n) is 16.7. The summed E-state index contributed by atoms with van der Waals surface area (Å²) < 4.78 is 11.8. The van der Waals surface area contributed by atoms with Crippen LogP contribution in [0.3, 0.4) is 0 Å². The number of benzene rings is 2. The van der Waals surface area contributed by atoms with Crippen LogP contribution in [0, 0.1) is 0 Å². The Morgan fingerprint density at radius 2 is 1.62 bits per heavy atom. The number of nitrogens with two attached hydrogens (primary N) is 1. The van der Waals surface area contributed by atoms with Crippen molar-refractivity contribution in [2.24, 2.45) is 0 Å². The highest BCUT2D eigenvalue weighted by molar-refractivity contribution is 5.91. The first-order chi connectivity index (χ1) is 14.2. The Bertz CT molecular complexity index is 975. The van der Waals surface area contributed by atoms with E-state index in [0.717, 1.165) is 52.3 Å². The quantitative estimate of drug-likeness (QED) is 0.444. The van der Waals surface area contributed by atoms with E-state index in [0.29, 0.717) is 0 Å². The zero-order valence-corrected chi connectivity index (χ0v) is 16.7. The minimum absolute atomic E-state index is 0.278. The number of nitrogen functional groups attached to an aromatic ring is 1. The van der Waals surface area contributed by atoms with Gasteiger partial charge in [0, 0.05) is 18.1 Å². The summed E-state index contributed by atoms with van der Waals surface area (Å²) in [5, 5.41) is 0. The first-order valence-electron chi connectivity index (χ1n) is 10.1. The van der Waals surface area contributed by atoms with Crippen molar-refractivity contribution in [3.8, 4) is 11.5 Å². The van der Waals surface area contributed by atoms with Crippen molar-refractivity contribution in [1.29, 1.82) is 0 Å². The number of ether oxygens (including phenoxy) is 2. The molecule has 0 radical (unpaired) electrons. The smallest absolute Gasteiger partial charge is 0.162 e. The first-order valence-corrected chi connectivity index (χ1v) is 10.1. The topological polar surface area (TPSA) is 57.4 Å². The minimum atomic E-state index is 0.278. The van der Waals surface area contributed by atoms with E-state index < -0.39 is 0 Å². The maximum absolute atomic E-state index is 6.27. The van der Waals surface area contributed by atoms with Gasteiger partial charge in [0.2, 0.25) is 0 Å². The molecule has 0 saturated heterocycles. The van der Waals surface area contributed by atoms with Crippen LogP contribution in [0.25, 0.3) is 11.6 Å². The fraction of sp³-hybridized carbons (Fsp3) is 0.240. The predicted molar refractivity (Wildman–Crippen MR) is 118 cm³/mol. The Morgan fingerprint density at radius 1 is 0.931 bits per heavy atom. The number of anilines is 1. The fourth-order valence-electron chi connectivity index (χ4n) is 3.76. The second kappa shape index (κ2) is 8.82. The molecular formula is C25H26N2O2. The molecule has 1 saturated carbocycles. The predicted octanol–water partition coefficient (Wildman–Crippen LogP) is 5.58. The van der Waals surface area contributed by atoms with E-state index in [1.54, 1.807) is 7.11 Å². The van der Waals surface area contributed by atoms with Gasteiger partial charge in [0.05, 0.1) is 13.2 Å². The molecule has 1 aromatic heterocycles. The van der Waals surface area contributed by atoms with E-state index in [2.05, 4.69) is 23.2 Å². The molecule has 1 fully saturated rings. The van der Waals surface area contributed by atoms with E-state index in [-0.39, 0.29) is 6.10 Å². The van der Waals surface area contributed by atoms with Gasteiger partial charge in [-0.3, -0.25) is 4.98 Å². The lowest BCUT2D eigenvalue weighted by molar-refractivity contribution is 0.201. The molecule has 4 rings (SSSR count). The molecule has 0 bridgehead atoms. The van der Waals surface area contributed by atoms with Crippen molar-refractivity contribution >= 4 is 17.3 Å². The van der Waals surface area contributed by atoms with Crippen molar-refractivity contribution in [3.05, 3.63) is 83.7 Å². The highest BCUT2D eigenvalue weighted by atomic mass is 16.5. The van der Waals surface area contributed by atoms with Crippen LogP contribution in [0.15, 0.2) is 67.0 Å². The Morgan fingerprint density at radius 3 is 2.31 bits per heavy atom. The molecule has 0 atom stereocenters. The van der Waals surface area contributed by atoms with E-state index in [9.17, 15) is 0 Å². The van der Waals surface area contributed by atoms with Gasteiger partial charge >= 0.3 is 0 Å². The average Bonchev–Trinajstić information content (AvgIpc) is 3.27. The van der Waals surface area contributed by atoms with Crippen LogP contribution in [0.2, 0.25) is 0 Å². The molecule has 0 unspecified atom stereocenters. The Hall–Kier alpha value is -3.27. The molecule has 0 aliphatic heterocycles. The Kier molecular flexibility index (Phi) is 5.80. The van der Waals surface area contributed by atoms with Crippen LogP contribution in [0.1, 0.15) is 42.4 Å². The van der Waals surface area contributed by atoms with Gasteiger partial charge in [-0.05, 0) is 90.4 Å². The maximum atomic E-state index is 6.27. The van der Waals surface area contributed by atoms with Crippen molar-refractivity contribution in [2.45, 2.75) is 31.8 Å². The van der Waals surface area contributed by atoms with Gasteiger partial charge in [-0.15, -0.1) is 0 Å². The highest BCUT2D eigenvalue weighted by Crippen LogP contribution is 2.34. The van der Waals surface area contributed by atoms with E-state index in [4.69, 9.17) is 15.2 Å². The second-order valence-corrected chi connectivity index (χ2v) is 7.35. The van der Waals surface area contributed by atoms with Crippen LogP contribution in [0.5, 0.6) is 11.5 Å². The summed E-state index contributed by atoms with van der Waals surface area (Å²) in [7, 11) is 1.68. The monoisotopic (exact) mass is 386 g/mol. The molecule has 0 amide bonds. The molecule has 29 heavy (non-hydrogen) atoms. The van der Waals surface area contributed by atoms with E-state index in [1.807, 2.05) is 54.9 Å². The molecule has 4 heteroatoms. The third kappa shape index (κ3) is 4.60. The number of pyridine rings is 1. The van der Waals surface area contributed by atoms with Gasteiger partial charge in [0.1, 0.15) is 0 Å². The largest absolute Gasteiger partial charge is 0.493 e. The molecule has 4 nitrogen and oxygen atoms in total. The van der Waals surface area contributed by atoms with Gasteiger partial charge in [0.25, 0.3) is 0 Å². The number of rotatable bonds is 6. The van der Waals surface area contributed by atoms with Crippen molar-refractivity contribution in [3.63, 3.8) is 0 Å². The van der Waals surface area contributed by atoms with Crippen molar-refractivity contribution in [2.75, 3.05) is 12.8 Å². The van der Waals surface area contributed by atoms with Gasteiger partial charge in [-0.2, -0.15) is 0 Å². The average molecular weight is 386 g/mol. The molecule has 1 aliphatic rings. The Labute approximate surface area is 172 Å². The summed E-state index contributed by atoms with van der Waals surface area (Å²) in [6.45, 7) is 0. The lowest BCUT2D eigenvalue weighted by atomic mass is 9.96. The summed E-state index contributed by atoms with van der Waals surface area (Å²) >= 11 is 0. The second-order valence-electron chi connectivity index (χ2n) is 7.35. The van der Waals surface area contributed by atoms with Crippen LogP contribution >= 0.6 is 0 Å². The SMILES string of the molecule is COc1ccc(C=C(c2ccncc2)c2ccc(N)cc2)cc1OC1CCCC1. The lowest BCUT2D eigenvalue weighted by Crippen LogP contribution is -2.11. The summed E-state index contributed by atoms with van der Waals surface area (Å²) in [5.41, 5.74) is 11.0. The van der Waals surface area contributed by atoms with Gasteiger partial charge < -0.3 is 15.2 Å². The van der Waals surface area contributed by atoms with Crippen molar-refractivity contribution < 1.29 is 9.47 Å². The number of hydrogen-bond acceptors (Lipinski definition) is 4. The zero-order chi connectivity index (χ0) is 20.1. The summed E-state index contributed by atoms with van der Waals surface area (Å²) in [6, 6.07) is 18.1. The highest BCUT2D eigenvalue weighted by Gasteiger charge is 2.18. The van der Waals surface area contributed by atoms with Gasteiger partial charge in [-0.1, -0.05) is 18.2 Å². The molecule has 0 spiro atoms. The van der Waals surface area contributed by atoms with Crippen LogP contribution in [0.4, 0.5) is 5.69 Å². The third-order valence-corrected chi connectivity index (χ3v) is 5.31. The molecule has 1 aliphatic carbocycles. The molecular weight excluding hydrogens is 360 g/mol. The minimum Gasteiger partial charge on any atom is -0.493 e. The van der Waals surface area contributed by atoms with E-state index >= 15 is 0 Å². The number of methoxy groups -OCH3 is 1. The first kappa shape index (κ1) is 19.1. The molecule has 148 valence electrons. The Balaban J connectivity index is 1.74. The van der Waals surface area contributed by atoms with E-state index in [1.165, 1.54) is 12.8 Å². The third-order valence-electron chi connectivity index (χ3n) is 5.31. The summed E-state index contributed by atoms with van der Waals surface area (Å²) in [5.74, 6) is 1.58. The molecule has 2 aromatic carbocycles. The van der Waals surface area contributed by atoms with Gasteiger partial charge in [0.15, 0.2) is 11.5 Å². The fourth-order valence-corrected chi connectivity index (χ4v) is 3.76. The number of hydrogen-bond donors (Lipinski definition) is 1. The van der Waals surface area contributed by atoms with Crippen LogP contribution in [-0.2, 0) is 0 Å². The normalized spacial score (nSPS) is 14.7. The number of nitrogens with zero attached hydrogens (tertiary/aromatic N) is 1. The maximum Gasteiger partial charge on any atom is 0.162 e. The molecule has 3 aromatic rings. The van der Waals surface area contributed by atoms with Crippen LogP contribution in [-0.4, -0.2) is 18.2 Å². The van der Waals surface area contributed by atoms with Crippen molar-refractivity contribution in [1.82, 2.24) is 4.98 Å². The summed E-state index contributed by atoms with van der Waals surface area (Å²) in [4.78, 5) is 4.15. The number of aromatic nitrogens is 1. The van der Waals surface area contributed by atoms with Crippen LogP contribution < -0.4 is 15.2 Å². The molecule has 2 N–H and O–H groups in total. The lowest BCUT2D eigenvalue weighted by Gasteiger charge is -2.17.